The maximum Gasteiger partial charge on any atom is 0.326 e. The third-order valence-corrected chi connectivity index (χ3v) is 2.20. The number of H-pyrrole nitrogens is 1. The summed E-state index contributed by atoms with van der Waals surface area (Å²) < 4.78 is 0. The van der Waals surface area contributed by atoms with Gasteiger partial charge in [0.05, 0.1) is 17.3 Å². The lowest BCUT2D eigenvalue weighted by atomic mass is 10.1. The van der Waals surface area contributed by atoms with Gasteiger partial charge in [-0.15, -0.1) is 0 Å². The second-order valence-corrected chi connectivity index (χ2v) is 4.11. The first-order chi connectivity index (χ1) is 7.50. The SMILES string of the molecule is CC(S)C(=O)N[C@@H](Cc1c[nH]cn1)C(=O)O. The molecule has 0 fully saturated rings. The highest BCUT2D eigenvalue weighted by Gasteiger charge is 2.22. The van der Waals surface area contributed by atoms with Crippen molar-refractivity contribution in [3.8, 4) is 0 Å². The van der Waals surface area contributed by atoms with Gasteiger partial charge in [0.2, 0.25) is 5.91 Å². The van der Waals surface area contributed by atoms with Crippen LogP contribution in [0, 0.1) is 0 Å². The quantitative estimate of drug-likeness (QED) is 0.540. The van der Waals surface area contributed by atoms with Crippen LogP contribution in [0.4, 0.5) is 0 Å². The molecule has 1 aromatic rings. The molecule has 1 heterocycles. The number of imidazole rings is 1. The van der Waals surface area contributed by atoms with Gasteiger partial charge in [-0.1, -0.05) is 0 Å². The molecule has 3 N–H and O–H groups in total. The Hall–Kier alpha value is -1.50. The molecule has 0 bridgehead atoms. The van der Waals surface area contributed by atoms with Crippen LogP contribution in [0.2, 0.25) is 0 Å². The van der Waals surface area contributed by atoms with E-state index < -0.39 is 23.2 Å². The number of nitrogens with zero attached hydrogens (tertiary/aromatic N) is 1. The molecule has 2 atom stereocenters. The molecule has 1 amide bonds. The minimum absolute atomic E-state index is 0.144. The van der Waals surface area contributed by atoms with Crippen LogP contribution in [-0.4, -0.2) is 38.2 Å². The zero-order chi connectivity index (χ0) is 12.1. The van der Waals surface area contributed by atoms with Gasteiger partial charge < -0.3 is 15.4 Å². The van der Waals surface area contributed by atoms with Crippen molar-refractivity contribution in [1.82, 2.24) is 15.3 Å². The summed E-state index contributed by atoms with van der Waals surface area (Å²) in [5.74, 6) is -1.50. The van der Waals surface area contributed by atoms with Gasteiger partial charge in [0, 0.05) is 12.6 Å². The van der Waals surface area contributed by atoms with Crippen LogP contribution < -0.4 is 5.32 Å². The van der Waals surface area contributed by atoms with Crippen molar-refractivity contribution >= 4 is 24.5 Å². The molecule has 0 aliphatic heterocycles. The van der Waals surface area contributed by atoms with Gasteiger partial charge in [0.25, 0.3) is 0 Å². The van der Waals surface area contributed by atoms with Gasteiger partial charge in [0.1, 0.15) is 6.04 Å². The molecule has 0 aliphatic carbocycles. The van der Waals surface area contributed by atoms with E-state index >= 15 is 0 Å². The van der Waals surface area contributed by atoms with E-state index in [0.29, 0.717) is 5.69 Å². The van der Waals surface area contributed by atoms with Crippen molar-refractivity contribution < 1.29 is 14.7 Å². The van der Waals surface area contributed by atoms with Gasteiger partial charge >= 0.3 is 5.97 Å². The summed E-state index contributed by atoms with van der Waals surface area (Å²) in [6, 6.07) is -0.981. The van der Waals surface area contributed by atoms with Gasteiger partial charge in [-0.3, -0.25) is 4.79 Å². The third-order valence-electron chi connectivity index (χ3n) is 1.96. The summed E-state index contributed by atoms with van der Waals surface area (Å²) in [6.45, 7) is 1.58. The average molecular weight is 243 g/mol. The Morgan fingerprint density at radius 2 is 2.38 bits per heavy atom. The molecule has 0 aromatic carbocycles. The highest BCUT2D eigenvalue weighted by molar-refractivity contribution is 7.81. The third kappa shape index (κ3) is 3.58. The molecule has 0 radical (unpaired) electrons. The van der Waals surface area contributed by atoms with E-state index in [4.69, 9.17) is 5.11 Å². The number of aromatic amines is 1. The minimum Gasteiger partial charge on any atom is -0.480 e. The van der Waals surface area contributed by atoms with Crippen molar-refractivity contribution in [2.45, 2.75) is 24.6 Å². The van der Waals surface area contributed by atoms with Crippen LogP contribution in [0.15, 0.2) is 12.5 Å². The first-order valence-corrected chi connectivity index (χ1v) is 5.21. The summed E-state index contributed by atoms with van der Waals surface area (Å²) >= 11 is 3.92. The predicted molar refractivity (Wildman–Crippen MR) is 60.3 cm³/mol. The van der Waals surface area contributed by atoms with E-state index in [-0.39, 0.29) is 6.42 Å². The van der Waals surface area contributed by atoms with Gasteiger partial charge in [-0.05, 0) is 6.92 Å². The lowest BCUT2D eigenvalue weighted by Gasteiger charge is -2.14. The number of nitrogens with one attached hydrogen (secondary N) is 2. The van der Waals surface area contributed by atoms with Crippen molar-refractivity contribution in [2.75, 3.05) is 0 Å². The number of rotatable bonds is 5. The van der Waals surface area contributed by atoms with Crippen LogP contribution in [0.1, 0.15) is 12.6 Å². The molecule has 0 saturated carbocycles. The molecule has 1 aromatic heterocycles. The van der Waals surface area contributed by atoms with Gasteiger partial charge in [-0.2, -0.15) is 12.6 Å². The number of carbonyl (C=O) groups is 2. The zero-order valence-corrected chi connectivity index (χ0v) is 9.57. The van der Waals surface area contributed by atoms with E-state index in [9.17, 15) is 9.59 Å². The molecule has 1 rings (SSSR count). The Morgan fingerprint density at radius 3 is 2.81 bits per heavy atom. The number of carboxylic acid groups (broad SMARTS) is 1. The first-order valence-electron chi connectivity index (χ1n) is 4.69. The summed E-state index contributed by atoms with van der Waals surface area (Å²) in [6.07, 6.45) is 3.19. The Labute approximate surface area is 97.9 Å². The fourth-order valence-electron chi connectivity index (χ4n) is 1.10. The number of aliphatic carboxylic acids is 1. The number of amides is 1. The Kier molecular flexibility index (Phi) is 4.36. The van der Waals surface area contributed by atoms with E-state index in [1.165, 1.54) is 6.33 Å². The molecule has 0 saturated heterocycles. The van der Waals surface area contributed by atoms with Crippen LogP contribution in [0.3, 0.4) is 0 Å². The zero-order valence-electron chi connectivity index (χ0n) is 8.67. The van der Waals surface area contributed by atoms with Gasteiger partial charge in [-0.25, -0.2) is 9.78 Å². The van der Waals surface area contributed by atoms with Crippen molar-refractivity contribution in [1.29, 1.82) is 0 Å². The minimum atomic E-state index is -1.09. The maximum absolute atomic E-state index is 11.3. The molecule has 6 nitrogen and oxygen atoms in total. The summed E-state index contributed by atoms with van der Waals surface area (Å²) in [5, 5.41) is 10.8. The number of carbonyl (C=O) groups excluding carboxylic acids is 1. The topological polar surface area (TPSA) is 95.1 Å². The smallest absolute Gasteiger partial charge is 0.326 e. The second kappa shape index (κ2) is 5.55. The van der Waals surface area contributed by atoms with E-state index in [1.54, 1.807) is 13.1 Å². The molecule has 1 unspecified atom stereocenters. The highest BCUT2D eigenvalue weighted by atomic mass is 32.1. The van der Waals surface area contributed by atoms with E-state index in [0.717, 1.165) is 0 Å². The Balaban J connectivity index is 2.62. The van der Waals surface area contributed by atoms with Crippen molar-refractivity contribution in [3.63, 3.8) is 0 Å². The molecule has 16 heavy (non-hydrogen) atoms. The number of hydrogen-bond acceptors (Lipinski definition) is 4. The lowest BCUT2D eigenvalue weighted by molar-refractivity contribution is -0.141. The van der Waals surface area contributed by atoms with Crippen LogP contribution >= 0.6 is 12.6 Å². The van der Waals surface area contributed by atoms with Crippen LogP contribution in [0.5, 0.6) is 0 Å². The fourth-order valence-corrected chi connectivity index (χ4v) is 1.18. The monoisotopic (exact) mass is 243 g/mol. The average Bonchev–Trinajstić information content (AvgIpc) is 2.68. The standard InChI is InChI=1S/C9H13N3O3S/c1-5(16)8(13)12-7(9(14)15)2-6-3-10-4-11-6/h3-5,7,16H,2H2,1H3,(H,10,11)(H,12,13)(H,14,15)/t5?,7-/m0/s1. The number of thiol groups is 1. The molecular formula is C9H13N3O3S. The number of hydrogen-bond donors (Lipinski definition) is 4. The number of aromatic nitrogens is 2. The molecule has 7 heteroatoms. The van der Waals surface area contributed by atoms with Crippen molar-refractivity contribution in [2.24, 2.45) is 0 Å². The predicted octanol–water partition coefficient (Wildman–Crippen LogP) is -0.160. The van der Waals surface area contributed by atoms with Gasteiger partial charge in [0.15, 0.2) is 0 Å². The number of carboxylic acids is 1. The lowest BCUT2D eigenvalue weighted by Crippen LogP contribution is -2.44. The largest absolute Gasteiger partial charge is 0.480 e. The Bertz CT molecular complexity index is 364. The van der Waals surface area contributed by atoms with Crippen LogP contribution in [-0.2, 0) is 16.0 Å². The highest BCUT2D eigenvalue weighted by Crippen LogP contribution is 2.01. The summed E-state index contributed by atoms with van der Waals surface area (Å²) in [7, 11) is 0. The molecular weight excluding hydrogens is 230 g/mol. The summed E-state index contributed by atoms with van der Waals surface area (Å²) in [4.78, 5) is 28.8. The first kappa shape index (κ1) is 12.6. The van der Waals surface area contributed by atoms with Crippen molar-refractivity contribution in [3.05, 3.63) is 18.2 Å². The normalized spacial score (nSPS) is 14.1. The van der Waals surface area contributed by atoms with E-state index in [1.807, 2.05) is 0 Å². The molecule has 88 valence electrons. The summed E-state index contributed by atoms with van der Waals surface area (Å²) in [5.41, 5.74) is 0.583. The maximum atomic E-state index is 11.3. The molecule has 0 spiro atoms. The van der Waals surface area contributed by atoms with E-state index in [2.05, 4.69) is 27.9 Å². The second-order valence-electron chi connectivity index (χ2n) is 3.34. The molecule has 0 aliphatic rings. The fraction of sp³-hybridized carbons (Fsp3) is 0.444. The van der Waals surface area contributed by atoms with Crippen LogP contribution in [0.25, 0.3) is 0 Å². The Morgan fingerprint density at radius 1 is 1.69 bits per heavy atom.